The second-order valence-electron chi connectivity index (χ2n) is 6.29. The van der Waals surface area contributed by atoms with Crippen molar-refractivity contribution < 1.29 is 26.0 Å². The molecule has 2 aliphatic rings. The summed E-state index contributed by atoms with van der Waals surface area (Å²) in [6.45, 7) is 0. The molecule has 1 aliphatic carbocycles. The van der Waals surface area contributed by atoms with Crippen molar-refractivity contribution in [3.05, 3.63) is 41.2 Å². The zero-order valence-corrected chi connectivity index (χ0v) is 13.6. The van der Waals surface area contributed by atoms with Gasteiger partial charge in [-0.25, -0.2) is 30.7 Å². The van der Waals surface area contributed by atoms with Gasteiger partial charge in [-0.2, -0.15) is 4.98 Å². The zero-order chi connectivity index (χ0) is 17.9. The molecule has 1 aromatic heterocycles. The summed E-state index contributed by atoms with van der Waals surface area (Å²) in [5.41, 5.74) is -0.122. The molecule has 25 heavy (non-hydrogen) atoms. The lowest BCUT2D eigenvalue weighted by molar-refractivity contribution is 0.213. The van der Waals surface area contributed by atoms with E-state index < -0.39 is 50.3 Å². The van der Waals surface area contributed by atoms with Crippen molar-refractivity contribution in [1.82, 2.24) is 14.8 Å². The second kappa shape index (κ2) is 5.52. The Kier molecular flexibility index (Phi) is 3.64. The smallest absolute Gasteiger partial charge is 0.247 e. The minimum Gasteiger partial charge on any atom is -0.247 e. The Balaban J connectivity index is 1.74. The summed E-state index contributed by atoms with van der Waals surface area (Å²) in [5.74, 6) is -2.46. The molecule has 0 spiro atoms. The van der Waals surface area contributed by atoms with Crippen molar-refractivity contribution in [2.24, 2.45) is 0 Å². The van der Waals surface area contributed by atoms with Crippen molar-refractivity contribution >= 4 is 9.84 Å². The molecule has 0 saturated heterocycles. The molecular weight excluding hydrogens is 362 g/mol. The van der Waals surface area contributed by atoms with Crippen LogP contribution in [-0.2, 0) is 9.84 Å². The van der Waals surface area contributed by atoms with E-state index >= 15 is 0 Å². The first-order valence-corrected chi connectivity index (χ1v) is 9.26. The van der Waals surface area contributed by atoms with E-state index in [1.165, 1.54) is 12.1 Å². The largest absolute Gasteiger partial charge is 0.267 e. The summed E-state index contributed by atoms with van der Waals surface area (Å²) in [6.07, 6.45) is -3.34. The Labute approximate surface area is 140 Å². The van der Waals surface area contributed by atoms with Crippen molar-refractivity contribution in [3.63, 3.8) is 0 Å². The van der Waals surface area contributed by atoms with Crippen LogP contribution in [-0.4, -0.2) is 34.6 Å². The van der Waals surface area contributed by atoms with Gasteiger partial charge in [0.2, 0.25) is 9.84 Å². The zero-order valence-electron chi connectivity index (χ0n) is 12.7. The maximum absolute atomic E-state index is 14.3. The van der Waals surface area contributed by atoms with Crippen molar-refractivity contribution in [2.45, 2.75) is 48.1 Å². The van der Waals surface area contributed by atoms with Crippen LogP contribution in [0.1, 0.15) is 42.9 Å². The third-order valence-corrected chi connectivity index (χ3v) is 6.66. The summed E-state index contributed by atoms with van der Waals surface area (Å²) in [4.78, 5) is 3.75. The quantitative estimate of drug-likeness (QED) is 0.774. The minimum atomic E-state index is -3.98. The molecule has 10 heteroatoms. The number of hydrogen-bond donors (Lipinski definition) is 0. The molecule has 0 radical (unpaired) electrons. The van der Waals surface area contributed by atoms with Gasteiger partial charge in [0.05, 0.1) is 11.3 Å². The number of sulfone groups is 1. The van der Waals surface area contributed by atoms with Crippen LogP contribution in [0, 0.1) is 11.6 Å². The average Bonchev–Trinajstić information content (AvgIpc) is 3.09. The molecule has 1 aliphatic heterocycles. The van der Waals surface area contributed by atoms with E-state index in [9.17, 15) is 26.0 Å². The molecule has 134 valence electrons. The maximum atomic E-state index is 14.3. The summed E-state index contributed by atoms with van der Waals surface area (Å²) in [7, 11) is -3.98. The maximum Gasteiger partial charge on any atom is 0.267 e. The van der Waals surface area contributed by atoms with E-state index in [1.54, 1.807) is 0 Å². The standard InChI is InChI=1S/C15H13F4N3O2S/c16-7-4-8(5-7)25(23,24)15-20-14-11(18)6-12(22(14)21-15)9-2-1-3-10(17)13(9)19/h1-3,7-8,11-12H,4-6H2/t7?,8?,11-,12-/m0/s1. The fourth-order valence-corrected chi connectivity index (χ4v) is 4.87. The normalized spacial score (nSPS) is 28.6. The number of hydrogen-bond acceptors (Lipinski definition) is 4. The molecule has 2 heterocycles. The first kappa shape index (κ1) is 16.5. The fraction of sp³-hybridized carbons (Fsp3) is 0.467. The molecule has 1 aromatic carbocycles. The van der Waals surface area contributed by atoms with Crippen molar-refractivity contribution in [2.75, 3.05) is 0 Å². The van der Waals surface area contributed by atoms with Crippen LogP contribution < -0.4 is 0 Å². The predicted octanol–water partition coefficient (Wildman–Crippen LogP) is 2.83. The van der Waals surface area contributed by atoms with E-state index in [2.05, 4.69) is 10.1 Å². The lowest BCUT2D eigenvalue weighted by Crippen LogP contribution is -2.37. The highest BCUT2D eigenvalue weighted by Gasteiger charge is 2.44. The minimum absolute atomic E-state index is 0.122. The number of benzene rings is 1. The number of alkyl halides is 2. The monoisotopic (exact) mass is 375 g/mol. The van der Waals surface area contributed by atoms with Gasteiger partial charge in [0.15, 0.2) is 23.6 Å². The topological polar surface area (TPSA) is 64.8 Å². The predicted molar refractivity (Wildman–Crippen MR) is 78.1 cm³/mol. The highest BCUT2D eigenvalue weighted by atomic mass is 32.2. The van der Waals surface area contributed by atoms with Crippen LogP contribution >= 0.6 is 0 Å². The molecule has 0 unspecified atom stereocenters. The second-order valence-corrected chi connectivity index (χ2v) is 8.42. The summed E-state index contributed by atoms with van der Waals surface area (Å²) >= 11 is 0. The third-order valence-electron chi connectivity index (χ3n) is 4.71. The molecule has 2 atom stereocenters. The molecule has 5 nitrogen and oxygen atoms in total. The Morgan fingerprint density at radius 3 is 2.52 bits per heavy atom. The third kappa shape index (κ3) is 2.45. The first-order chi connectivity index (χ1) is 11.8. The van der Waals surface area contributed by atoms with E-state index in [4.69, 9.17) is 0 Å². The van der Waals surface area contributed by atoms with Crippen LogP contribution in [0.15, 0.2) is 23.4 Å². The molecular formula is C15H13F4N3O2S. The Morgan fingerprint density at radius 1 is 1.12 bits per heavy atom. The highest BCUT2D eigenvalue weighted by Crippen LogP contribution is 2.41. The molecule has 0 bridgehead atoms. The highest BCUT2D eigenvalue weighted by molar-refractivity contribution is 7.91. The van der Waals surface area contributed by atoms with Gasteiger partial charge in [0.1, 0.15) is 6.17 Å². The molecule has 0 amide bonds. The van der Waals surface area contributed by atoms with Gasteiger partial charge in [-0.1, -0.05) is 12.1 Å². The van der Waals surface area contributed by atoms with Gasteiger partial charge < -0.3 is 0 Å². The Hall–Kier alpha value is -1.97. The lowest BCUT2D eigenvalue weighted by Gasteiger charge is -2.27. The first-order valence-electron chi connectivity index (χ1n) is 7.71. The number of aromatic nitrogens is 3. The average molecular weight is 375 g/mol. The van der Waals surface area contributed by atoms with Crippen LogP contribution in [0.4, 0.5) is 17.6 Å². The van der Waals surface area contributed by atoms with Crippen LogP contribution in [0.2, 0.25) is 0 Å². The fourth-order valence-electron chi connectivity index (χ4n) is 3.22. The number of nitrogens with zero attached hydrogens (tertiary/aromatic N) is 3. The number of halogens is 4. The van der Waals surface area contributed by atoms with Crippen LogP contribution in [0.25, 0.3) is 0 Å². The van der Waals surface area contributed by atoms with E-state index in [1.807, 2.05) is 0 Å². The van der Waals surface area contributed by atoms with Crippen LogP contribution in [0.5, 0.6) is 0 Å². The molecule has 1 fully saturated rings. The van der Waals surface area contributed by atoms with E-state index in [0.717, 1.165) is 10.7 Å². The number of rotatable bonds is 3. The Bertz CT molecular complexity index is 940. The summed E-state index contributed by atoms with van der Waals surface area (Å²) < 4.78 is 80.4. The van der Waals surface area contributed by atoms with Crippen molar-refractivity contribution in [1.29, 1.82) is 0 Å². The van der Waals surface area contributed by atoms with E-state index in [0.29, 0.717) is 0 Å². The molecule has 1 saturated carbocycles. The molecule has 2 aromatic rings. The van der Waals surface area contributed by atoms with Crippen molar-refractivity contribution in [3.8, 4) is 0 Å². The lowest BCUT2D eigenvalue weighted by atomic mass is 9.97. The van der Waals surface area contributed by atoms with E-state index in [-0.39, 0.29) is 30.7 Å². The molecule has 4 rings (SSSR count). The van der Waals surface area contributed by atoms with Gasteiger partial charge in [-0.3, -0.25) is 0 Å². The van der Waals surface area contributed by atoms with Gasteiger partial charge in [0.25, 0.3) is 5.16 Å². The van der Waals surface area contributed by atoms with Gasteiger partial charge in [-0.15, -0.1) is 5.10 Å². The molecule has 0 N–H and O–H groups in total. The van der Waals surface area contributed by atoms with Crippen LogP contribution in [0.3, 0.4) is 0 Å². The SMILES string of the molecule is O=S(=O)(c1nc2n(n1)[C@H](c1cccc(F)c1F)C[C@@H]2F)C1CC(F)C1. The number of fused-ring (bicyclic) bond motifs is 1. The van der Waals surface area contributed by atoms with Gasteiger partial charge in [0, 0.05) is 12.0 Å². The van der Waals surface area contributed by atoms with Gasteiger partial charge >= 0.3 is 0 Å². The van der Waals surface area contributed by atoms with Gasteiger partial charge in [-0.05, 0) is 18.9 Å². The Morgan fingerprint density at radius 2 is 1.84 bits per heavy atom. The summed E-state index contributed by atoms with van der Waals surface area (Å²) in [5, 5.41) is 2.30. The summed E-state index contributed by atoms with van der Waals surface area (Å²) in [6, 6.07) is 2.51.